The van der Waals surface area contributed by atoms with Crippen LogP contribution >= 0.6 is 0 Å². The van der Waals surface area contributed by atoms with Gasteiger partial charge in [0, 0.05) is 32.1 Å². The molecule has 8 heteroatoms. The van der Waals surface area contributed by atoms with E-state index in [2.05, 4.69) is 10.6 Å². The molecule has 0 unspecified atom stereocenters. The Hall–Kier alpha value is -3.03. The van der Waals surface area contributed by atoms with Crippen molar-refractivity contribution in [3.8, 4) is 11.5 Å². The first-order chi connectivity index (χ1) is 14.0. The van der Waals surface area contributed by atoms with Gasteiger partial charge in [0.05, 0.1) is 18.9 Å². The smallest absolute Gasteiger partial charge is 0.253 e. The summed E-state index contributed by atoms with van der Waals surface area (Å²) in [5.74, 6) is 0.980. The van der Waals surface area contributed by atoms with E-state index in [0.717, 1.165) is 25.9 Å². The molecule has 0 bridgehead atoms. The monoisotopic (exact) mass is 401 g/mol. The second kappa shape index (κ2) is 9.45. The Balaban J connectivity index is 1.58. The summed E-state index contributed by atoms with van der Waals surface area (Å²) >= 11 is 0. The standard InChI is InChI=1S/C21H27N3O5/c1-3-28-14-7-8-16(29-4-2)15(13-14)23-17(25)9-10-22-18-19(21(27)20(18)26)24-11-5-6-12-24/h7-8,13,22H,3-6,9-12H2,1-2H3,(H,23,25). The molecule has 1 fully saturated rings. The van der Waals surface area contributed by atoms with Crippen LogP contribution in [0.4, 0.5) is 17.1 Å². The zero-order valence-electron chi connectivity index (χ0n) is 16.9. The fourth-order valence-corrected chi connectivity index (χ4v) is 3.44. The third kappa shape index (κ3) is 4.70. The summed E-state index contributed by atoms with van der Waals surface area (Å²) in [6.45, 7) is 6.58. The van der Waals surface area contributed by atoms with Crippen LogP contribution < -0.4 is 35.9 Å². The maximum atomic E-state index is 12.4. The van der Waals surface area contributed by atoms with Crippen molar-refractivity contribution in [1.29, 1.82) is 0 Å². The number of rotatable bonds is 10. The number of hydrogen-bond donors (Lipinski definition) is 2. The zero-order chi connectivity index (χ0) is 20.8. The van der Waals surface area contributed by atoms with Gasteiger partial charge in [-0.25, -0.2) is 0 Å². The Kier molecular flexibility index (Phi) is 6.74. The van der Waals surface area contributed by atoms with Gasteiger partial charge in [0.1, 0.15) is 22.9 Å². The van der Waals surface area contributed by atoms with Crippen molar-refractivity contribution in [2.75, 3.05) is 48.4 Å². The molecule has 2 aromatic rings. The van der Waals surface area contributed by atoms with E-state index in [1.807, 2.05) is 18.7 Å². The topological polar surface area (TPSA) is 97.0 Å². The summed E-state index contributed by atoms with van der Waals surface area (Å²) in [6, 6.07) is 5.27. The molecule has 8 nitrogen and oxygen atoms in total. The molecule has 2 aromatic carbocycles. The van der Waals surface area contributed by atoms with Crippen LogP contribution in [0.25, 0.3) is 0 Å². The number of hydrogen-bond acceptors (Lipinski definition) is 7. The molecule has 0 radical (unpaired) electrons. The Morgan fingerprint density at radius 3 is 2.48 bits per heavy atom. The summed E-state index contributed by atoms with van der Waals surface area (Å²) in [5, 5.41) is 5.79. The van der Waals surface area contributed by atoms with Gasteiger partial charge >= 0.3 is 0 Å². The fraction of sp³-hybridized carbons (Fsp3) is 0.476. The molecule has 1 saturated heterocycles. The average Bonchev–Trinajstić information content (AvgIpc) is 3.23. The summed E-state index contributed by atoms with van der Waals surface area (Å²) in [7, 11) is 0. The van der Waals surface area contributed by atoms with Crippen molar-refractivity contribution >= 4 is 23.0 Å². The van der Waals surface area contributed by atoms with E-state index >= 15 is 0 Å². The molecule has 156 valence electrons. The summed E-state index contributed by atoms with van der Waals surface area (Å²) in [6.07, 6.45) is 2.18. The normalized spacial score (nSPS) is 13.5. The fourth-order valence-electron chi connectivity index (χ4n) is 3.44. The minimum absolute atomic E-state index is 0.142. The van der Waals surface area contributed by atoms with Crippen molar-refractivity contribution in [2.45, 2.75) is 33.1 Å². The Bertz CT molecular complexity index is 927. The van der Waals surface area contributed by atoms with Crippen LogP contribution in [0.1, 0.15) is 33.1 Å². The molecule has 1 amide bonds. The highest BCUT2D eigenvalue weighted by atomic mass is 16.5. The van der Waals surface area contributed by atoms with Crippen molar-refractivity contribution in [2.24, 2.45) is 0 Å². The van der Waals surface area contributed by atoms with Crippen LogP contribution in [-0.2, 0) is 4.79 Å². The molecule has 0 aromatic heterocycles. The van der Waals surface area contributed by atoms with Gasteiger partial charge in [-0.2, -0.15) is 0 Å². The lowest BCUT2D eigenvalue weighted by atomic mass is 10.1. The highest BCUT2D eigenvalue weighted by Crippen LogP contribution is 2.29. The quantitative estimate of drug-likeness (QED) is 0.589. The molecule has 29 heavy (non-hydrogen) atoms. The maximum absolute atomic E-state index is 12.4. The Labute approximate surface area is 169 Å². The van der Waals surface area contributed by atoms with Gasteiger partial charge in [-0.05, 0) is 38.8 Å². The molecule has 1 aliphatic rings. The van der Waals surface area contributed by atoms with E-state index in [1.165, 1.54) is 0 Å². The number of amides is 1. The number of carbonyl (C=O) groups is 1. The number of anilines is 3. The van der Waals surface area contributed by atoms with Gasteiger partial charge in [-0.15, -0.1) is 0 Å². The van der Waals surface area contributed by atoms with Crippen molar-refractivity contribution in [3.05, 3.63) is 38.6 Å². The molecule has 0 atom stereocenters. The van der Waals surface area contributed by atoms with Crippen LogP contribution in [0.3, 0.4) is 0 Å². The number of carbonyl (C=O) groups excluding carboxylic acids is 1. The molecule has 1 heterocycles. The van der Waals surface area contributed by atoms with E-state index in [4.69, 9.17) is 9.47 Å². The van der Waals surface area contributed by atoms with Crippen molar-refractivity contribution < 1.29 is 14.3 Å². The maximum Gasteiger partial charge on any atom is 0.253 e. The number of nitrogens with one attached hydrogen (secondary N) is 2. The largest absolute Gasteiger partial charge is 0.494 e. The summed E-state index contributed by atoms with van der Waals surface area (Å²) in [4.78, 5) is 38.1. The SMILES string of the molecule is CCOc1ccc(OCC)c(NC(=O)CCNc2c(N3CCCC3)c(=O)c2=O)c1. The van der Waals surface area contributed by atoms with Crippen molar-refractivity contribution in [1.82, 2.24) is 0 Å². The van der Waals surface area contributed by atoms with Gasteiger partial charge in [0.2, 0.25) is 5.91 Å². The molecule has 0 saturated carbocycles. The summed E-state index contributed by atoms with van der Waals surface area (Å²) < 4.78 is 11.0. The highest BCUT2D eigenvalue weighted by molar-refractivity contribution is 5.93. The predicted molar refractivity (Wildman–Crippen MR) is 113 cm³/mol. The van der Waals surface area contributed by atoms with Gasteiger partial charge in [0.25, 0.3) is 10.9 Å². The molecule has 1 aliphatic heterocycles. The van der Waals surface area contributed by atoms with Crippen molar-refractivity contribution in [3.63, 3.8) is 0 Å². The minimum Gasteiger partial charge on any atom is -0.494 e. The molecule has 3 rings (SSSR count). The van der Waals surface area contributed by atoms with Crippen LogP contribution in [-0.4, -0.2) is 38.8 Å². The van der Waals surface area contributed by atoms with E-state index in [9.17, 15) is 14.4 Å². The molecule has 0 spiro atoms. The number of nitrogens with zero attached hydrogens (tertiary/aromatic N) is 1. The number of benzene rings is 1. The molecular weight excluding hydrogens is 374 g/mol. The molecule has 2 N–H and O–H groups in total. The van der Waals surface area contributed by atoms with E-state index in [1.54, 1.807) is 18.2 Å². The second-order valence-corrected chi connectivity index (χ2v) is 6.82. The molecule has 0 aliphatic carbocycles. The van der Waals surface area contributed by atoms with Crippen LogP contribution in [0.5, 0.6) is 11.5 Å². The third-order valence-corrected chi connectivity index (χ3v) is 4.80. The molecular formula is C21H27N3O5. The minimum atomic E-state index is -0.504. The lowest BCUT2D eigenvalue weighted by molar-refractivity contribution is -0.116. The first-order valence-corrected chi connectivity index (χ1v) is 10.1. The lowest BCUT2D eigenvalue weighted by Crippen LogP contribution is -2.42. The zero-order valence-corrected chi connectivity index (χ0v) is 16.9. The first kappa shape index (κ1) is 20.7. The van der Waals surface area contributed by atoms with Gasteiger partial charge < -0.3 is 25.0 Å². The second-order valence-electron chi connectivity index (χ2n) is 6.82. The van der Waals surface area contributed by atoms with Gasteiger partial charge in [0.15, 0.2) is 0 Å². The number of ether oxygens (including phenoxy) is 2. The Morgan fingerprint density at radius 1 is 1.07 bits per heavy atom. The van der Waals surface area contributed by atoms with E-state index in [-0.39, 0.29) is 18.9 Å². The third-order valence-electron chi connectivity index (χ3n) is 4.80. The summed E-state index contributed by atoms with van der Waals surface area (Å²) in [5.41, 5.74) is 0.395. The van der Waals surface area contributed by atoms with Gasteiger partial charge in [-0.3, -0.25) is 14.4 Å². The first-order valence-electron chi connectivity index (χ1n) is 10.1. The Morgan fingerprint density at radius 2 is 1.79 bits per heavy atom. The average molecular weight is 401 g/mol. The van der Waals surface area contributed by atoms with Crippen LogP contribution in [0, 0.1) is 0 Å². The van der Waals surface area contributed by atoms with Crippen LogP contribution in [0.2, 0.25) is 0 Å². The predicted octanol–water partition coefficient (Wildman–Crippen LogP) is 2.12. The lowest BCUT2D eigenvalue weighted by Gasteiger charge is -2.22. The van der Waals surface area contributed by atoms with Gasteiger partial charge in [-0.1, -0.05) is 0 Å². The van der Waals surface area contributed by atoms with E-state index < -0.39 is 10.9 Å². The van der Waals surface area contributed by atoms with E-state index in [0.29, 0.717) is 41.8 Å². The highest BCUT2D eigenvalue weighted by Gasteiger charge is 2.27. The van der Waals surface area contributed by atoms with Crippen LogP contribution in [0.15, 0.2) is 27.8 Å².